The van der Waals surface area contributed by atoms with E-state index < -0.39 is 7.29 Å². The molecule has 0 amide bonds. The van der Waals surface area contributed by atoms with Gasteiger partial charge in [-0.25, -0.2) is 4.98 Å². The molecule has 0 saturated heterocycles. The molecule has 20 heavy (non-hydrogen) atoms. The van der Waals surface area contributed by atoms with Crippen LogP contribution in [-0.4, -0.2) is 41.4 Å². The number of pyridine rings is 1. The third-order valence-corrected chi connectivity index (χ3v) is 8.43. The van der Waals surface area contributed by atoms with Gasteiger partial charge in [0.15, 0.2) is 0 Å². The predicted molar refractivity (Wildman–Crippen MR) is 94.0 cm³/mol. The van der Waals surface area contributed by atoms with Crippen LogP contribution in [-0.2, 0) is 4.57 Å². The van der Waals surface area contributed by atoms with Gasteiger partial charge in [0, 0.05) is 42.6 Å². The van der Waals surface area contributed by atoms with E-state index in [1.165, 1.54) is 0 Å². The number of nitrogens with zero attached hydrogens (tertiary/aromatic N) is 1. The SMILES string of the molecule is O=P(CCCl)(CCCl)NCCCSSc1ccccn1. The summed E-state index contributed by atoms with van der Waals surface area (Å²) >= 11 is 11.4. The van der Waals surface area contributed by atoms with Gasteiger partial charge >= 0.3 is 0 Å². The Morgan fingerprint density at radius 2 is 2.00 bits per heavy atom. The van der Waals surface area contributed by atoms with Gasteiger partial charge in [-0.3, -0.25) is 5.09 Å². The molecule has 0 aliphatic rings. The van der Waals surface area contributed by atoms with Crippen molar-refractivity contribution >= 4 is 52.1 Å². The lowest BCUT2D eigenvalue weighted by Gasteiger charge is -2.17. The van der Waals surface area contributed by atoms with E-state index in [0.29, 0.717) is 24.1 Å². The van der Waals surface area contributed by atoms with E-state index in [2.05, 4.69) is 10.1 Å². The Balaban J connectivity index is 2.13. The molecule has 0 unspecified atom stereocenters. The summed E-state index contributed by atoms with van der Waals surface area (Å²) in [6, 6.07) is 5.88. The monoisotopic (exact) mass is 372 g/mol. The largest absolute Gasteiger partial charge is 0.307 e. The second-order valence-electron chi connectivity index (χ2n) is 4.05. The van der Waals surface area contributed by atoms with Crippen molar-refractivity contribution < 1.29 is 4.57 Å². The smallest absolute Gasteiger partial charge is 0.150 e. The molecule has 1 heterocycles. The van der Waals surface area contributed by atoms with Crippen LogP contribution in [0.4, 0.5) is 0 Å². The van der Waals surface area contributed by atoms with E-state index in [-0.39, 0.29) is 0 Å². The molecule has 0 radical (unpaired) electrons. The first kappa shape index (κ1) is 18.7. The van der Waals surface area contributed by atoms with Crippen LogP contribution in [0, 0.1) is 0 Å². The number of aromatic nitrogens is 1. The molecule has 1 aromatic rings. The fourth-order valence-electron chi connectivity index (χ4n) is 1.46. The molecular weight excluding hydrogens is 354 g/mol. The summed E-state index contributed by atoms with van der Waals surface area (Å²) in [5.41, 5.74) is 0. The Morgan fingerprint density at radius 3 is 2.60 bits per heavy atom. The van der Waals surface area contributed by atoms with E-state index in [0.717, 1.165) is 23.7 Å². The predicted octanol–water partition coefficient (Wildman–Crippen LogP) is 4.56. The van der Waals surface area contributed by atoms with Gasteiger partial charge in [0.25, 0.3) is 0 Å². The van der Waals surface area contributed by atoms with Gasteiger partial charge in [0.05, 0.1) is 0 Å². The van der Waals surface area contributed by atoms with Gasteiger partial charge in [-0.1, -0.05) is 16.9 Å². The van der Waals surface area contributed by atoms with Crippen molar-refractivity contribution in [2.24, 2.45) is 0 Å². The zero-order valence-corrected chi connectivity index (χ0v) is 15.2. The maximum atomic E-state index is 12.4. The van der Waals surface area contributed by atoms with Crippen LogP contribution in [0.3, 0.4) is 0 Å². The number of nitrogens with one attached hydrogen (secondary N) is 1. The second kappa shape index (κ2) is 11.2. The van der Waals surface area contributed by atoms with Crippen molar-refractivity contribution in [2.45, 2.75) is 11.4 Å². The van der Waals surface area contributed by atoms with Crippen molar-refractivity contribution in [3.8, 4) is 0 Å². The standard InChI is InChI=1S/C12H19Cl2N2OPS2/c13-5-9-18(17,10-6-14)16-8-3-11-19-20-12-4-1-2-7-15-12/h1-2,4,7H,3,5-6,8-11H2,(H,16,17). The van der Waals surface area contributed by atoms with Crippen molar-refractivity contribution in [1.29, 1.82) is 0 Å². The van der Waals surface area contributed by atoms with E-state index in [1.807, 2.05) is 18.2 Å². The van der Waals surface area contributed by atoms with E-state index >= 15 is 0 Å². The summed E-state index contributed by atoms with van der Waals surface area (Å²) in [6.45, 7) is 0.737. The van der Waals surface area contributed by atoms with Gasteiger partial charge in [0.2, 0.25) is 0 Å². The van der Waals surface area contributed by atoms with Crippen LogP contribution in [0.1, 0.15) is 6.42 Å². The average Bonchev–Trinajstić information content (AvgIpc) is 2.44. The topological polar surface area (TPSA) is 42.0 Å². The molecule has 1 aromatic heterocycles. The minimum atomic E-state index is -2.37. The van der Waals surface area contributed by atoms with Crippen molar-refractivity contribution in [1.82, 2.24) is 10.1 Å². The molecule has 0 aliphatic carbocycles. The van der Waals surface area contributed by atoms with Crippen molar-refractivity contribution in [2.75, 3.05) is 36.4 Å². The average molecular weight is 373 g/mol. The van der Waals surface area contributed by atoms with Gasteiger partial charge in [0.1, 0.15) is 12.3 Å². The highest BCUT2D eigenvalue weighted by atomic mass is 35.5. The Kier molecular flexibility index (Phi) is 10.5. The summed E-state index contributed by atoms with van der Waals surface area (Å²) in [7, 11) is 1.05. The highest BCUT2D eigenvalue weighted by molar-refractivity contribution is 8.76. The van der Waals surface area contributed by atoms with Gasteiger partial charge < -0.3 is 4.57 Å². The van der Waals surface area contributed by atoms with Gasteiger partial charge in [-0.2, -0.15) is 0 Å². The zero-order chi connectivity index (χ0) is 14.7. The second-order valence-corrected chi connectivity index (χ2v) is 10.2. The van der Waals surface area contributed by atoms with Crippen LogP contribution in [0.25, 0.3) is 0 Å². The molecule has 8 heteroatoms. The summed E-state index contributed by atoms with van der Waals surface area (Å²) in [5.74, 6) is 1.80. The quantitative estimate of drug-likeness (QED) is 0.267. The Labute approximate surface area is 138 Å². The number of halogens is 2. The van der Waals surface area contributed by atoms with Gasteiger partial charge in [-0.05, 0) is 29.3 Å². The molecule has 114 valence electrons. The maximum Gasteiger partial charge on any atom is 0.150 e. The summed E-state index contributed by atoms with van der Waals surface area (Å²) in [6.07, 6.45) is 3.77. The molecule has 0 aliphatic heterocycles. The fourth-order valence-corrected chi connectivity index (χ4v) is 6.71. The fraction of sp³-hybridized carbons (Fsp3) is 0.583. The lowest BCUT2D eigenvalue weighted by atomic mass is 10.5. The molecule has 1 N–H and O–H groups in total. The third kappa shape index (κ3) is 8.16. The minimum absolute atomic E-state index is 0.408. The minimum Gasteiger partial charge on any atom is -0.307 e. The lowest BCUT2D eigenvalue weighted by Crippen LogP contribution is -2.18. The lowest BCUT2D eigenvalue weighted by molar-refractivity contribution is 0.565. The highest BCUT2D eigenvalue weighted by Crippen LogP contribution is 2.40. The molecule has 0 spiro atoms. The molecule has 0 bridgehead atoms. The normalized spacial score (nSPS) is 11.7. The van der Waals surface area contributed by atoms with Crippen LogP contribution in [0.5, 0.6) is 0 Å². The first-order valence-electron chi connectivity index (χ1n) is 6.36. The Hall–Kier alpha value is 0.620. The summed E-state index contributed by atoms with van der Waals surface area (Å²) in [4.78, 5) is 4.24. The molecular formula is C12H19Cl2N2OPS2. The summed E-state index contributed by atoms with van der Waals surface area (Å²) < 4.78 is 12.4. The first-order valence-corrected chi connectivity index (χ1v) is 11.8. The van der Waals surface area contributed by atoms with Crippen LogP contribution < -0.4 is 5.09 Å². The van der Waals surface area contributed by atoms with Crippen LogP contribution in [0.2, 0.25) is 0 Å². The number of rotatable bonds is 11. The molecule has 3 nitrogen and oxygen atoms in total. The Bertz CT molecular complexity index is 402. The van der Waals surface area contributed by atoms with E-state index in [9.17, 15) is 4.57 Å². The first-order chi connectivity index (χ1) is 9.70. The molecule has 0 saturated carbocycles. The van der Waals surface area contributed by atoms with E-state index in [4.69, 9.17) is 23.2 Å². The van der Waals surface area contributed by atoms with E-state index in [1.54, 1.807) is 27.8 Å². The van der Waals surface area contributed by atoms with Crippen LogP contribution >= 0.6 is 52.1 Å². The highest BCUT2D eigenvalue weighted by Gasteiger charge is 2.19. The Morgan fingerprint density at radius 1 is 1.25 bits per heavy atom. The van der Waals surface area contributed by atoms with Crippen LogP contribution in [0.15, 0.2) is 29.4 Å². The zero-order valence-electron chi connectivity index (χ0n) is 11.1. The molecule has 1 rings (SSSR count). The molecule has 0 fully saturated rings. The maximum absolute atomic E-state index is 12.4. The number of alkyl halides is 2. The summed E-state index contributed by atoms with van der Waals surface area (Å²) in [5, 5.41) is 4.16. The number of hydrogen-bond donors (Lipinski definition) is 1. The molecule has 0 atom stereocenters. The van der Waals surface area contributed by atoms with Crippen molar-refractivity contribution in [3.05, 3.63) is 24.4 Å². The third-order valence-electron chi connectivity index (χ3n) is 2.48. The van der Waals surface area contributed by atoms with Crippen molar-refractivity contribution in [3.63, 3.8) is 0 Å². The number of hydrogen-bond acceptors (Lipinski definition) is 4. The van der Waals surface area contributed by atoms with Gasteiger partial charge in [-0.15, -0.1) is 23.2 Å². The molecule has 0 aromatic carbocycles.